The summed E-state index contributed by atoms with van der Waals surface area (Å²) >= 11 is 0. The first-order valence-corrected chi connectivity index (χ1v) is 6.95. The fourth-order valence-electron chi connectivity index (χ4n) is 2.10. The molecule has 2 heterocycles. The van der Waals surface area contributed by atoms with Crippen LogP contribution in [-0.2, 0) is 4.74 Å². The Kier molecular flexibility index (Phi) is 4.65. The van der Waals surface area contributed by atoms with Crippen molar-refractivity contribution in [2.45, 2.75) is 13.8 Å². The van der Waals surface area contributed by atoms with Gasteiger partial charge in [-0.05, 0) is 18.1 Å². The van der Waals surface area contributed by atoms with Crippen molar-refractivity contribution in [3.63, 3.8) is 0 Å². The number of nitrogen functional groups attached to an aromatic ring is 1. The fourth-order valence-corrected chi connectivity index (χ4v) is 2.10. The van der Waals surface area contributed by atoms with Gasteiger partial charge in [0.2, 0.25) is 0 Å². The average molecular weight is 278 g/mol. The predicted octanol–water partition coefficient (Wildman–Crippen LogP) is 1.58. The maximum atomic E-state index is 11.9. The Balaban J connectivity index is 1.86. The number of carbonyl (C=O) groups is 1. The number of ether oxygens (including phenoxy) is 1. The number of amides is 1. The number of aromatic nitrogens is 1. The van der Waals surface area contributed by atoms with E-state index in [-0.39, 0.29) is 6.09 Å². The third-order valence-corrected chi connectivity index (χ3v) is 3.19. The normalized spacial score (nSPS) is 15.6. The molecule has 1 aliphatic heterocycles. The zero-order valence-corrected chi connectivity index (χ0v) is 12.1. The van der Waals surface area contributed by atoms with E-state index in [0.29, 0.717) is 31.3 Å². The van der Waals surface area contributed by atoms with E-state index in [9.17, 15) is 4.79 Å². The molecule has 0 unspecified atom stereocenters. The summed E-state index contributed by atoms with van der Waals surface area (Å²) in [6.07, 6.45) is 1.50. The van der Waals surface area contributed by atoms with E-state index in [4.69, 9.17) is 10.5 Å². The average Bonchev–Trinajstić information content (AvgIpc) is 2.45. The smallest absolute Gasteiger partial charge is 0.409 e. The van der Waals surface area contributed by atoms with Crippen molar-refractivity contribution in [1.29, 1.82) is 0 Å². The molecular weight excluding hydrogens is 256 g/mol. The number of rotatable bonds is 3. The van der Waals surface area contributed by atoms with Crippen molar-refractivity contribution in [2.24, 2.45) is 5.92 Å². The number of piperazine rings is 1. The van der Waals surface area contributed by atoms with Gasteiger partial charge in [0.15, 0.2) is 5.82 Å². The Bertz CT molecular complexity index is 456. The van der Waals surface area contributed by atoms with Crippen LogP contribution in [0.4, 0.5) is 16.3 Å². The van der Waals surface area contributed by atoms with E-state index in [1.165, 1.54) is 0 Å². The maximum absolute atomic E-state index is 11.9. The molecule has 0 atom stereocenters. The summed E-state index contributed by atoms with van der Waals surface area (Å²) < 4.78 is 5.24. The molecule has 1 saturated heterocycles. The van der Waals surface area contributed by atoms with Crippen molar-refractivity contribution in [2.75, 3.05) is 43.4 Å². The second-order valence-electron chi connectivity index (χ2n) is 5.36. The highest BCUT2D eigenvalue weighted by atomic mass is 16.6. The van der Waals surface area contributed by atoms with Crippen LogP contribution in [0.15, 0.2) is 18.3 Å². The molecule has 20 heavy (non-hydrogen) atoms. The maximum Gasteiger partial charge on any atom is 0.409 e. The molecule has 1 aromatic heterocycles. The molecule has 1 aromatic rings. The molecule has 1 aliphatic rings. The molecule has 1 fully saturated rings. The lowest BCUT2D eigenvalue weighted by Crippen LogP contribution is -2.49. The van der Waals surface area contributed by atoms with Crippen LogP contribution in [0.3, 0.4) is 0 Å². The van der Waals surface area contributed by atoms with Crippen molar-refractivity contribution < 1.29 is 9.53 Å². The van der Waals surface area contributed by atoms with Gasteiger partial charge in [-0.15, -0.1) is 0 Å². The van der Waals surface area contributed by atoms with E-state index in [1.54, 1.807) is 11.1 Å². The third-order valence-electron chi connectivity index (χ3n) is 3.19. The zero-order valence-electron chi connectivity index (χ0n) is 12.1. The quantitative estimate of drug-likeness (QED) is 0.909. The second-order valence-corrected chi connectivity index (χ2v) is 5.36. The number of pyridine rings is 1. The van der Waals surface area contributed by atoms with Gasteiger partial charge in [0.05, 0.1) is 12.3 Å². The van der Waals surface area contributed by atoms with Crippen molar-refractivity contribution in [3.8, 4) is 0 Å². The summed E-state index contributed by atoms with van der Waals surface area (Å²) in [5.41, 5.74) is 6.59. The van der Waals surface area contributed by atoms with Crippen LogP contribution in [0.2, 0.25) is 0 Å². The zero-order chi connectivity index (χ0) is 14.5. The van der Waals surface area contributed by atoms with Crippen LogP contribution < -0.4 is 10.6 Å². The molecule has 110 valence electrons. The minimum atomic E-state index is -0.229. The molecule has 0 saturated carbocycles. The number of hydrogen-bond donors (Lipinski definition) is 1. The number of anilines is 2. The summed E-state index contributed by atoms with van der Waals surface area (Å²) in [5.74, 6) is 1.15. The first-order chi connectivity index (χ1) is 9.58. The summed E-state index contributed by atoms with van der Waals surface area (Å²) in [6.45, 7) is 7.21. The summed E-state index contributed by atoms with van der Waals surface area (Å²) in [7, 11) is 0. The number of hydrogen-bond acceptors (Lipinski definition) is 5. The second kappa shape index (κ2) is 6.45. The summed E-state index contributed by atoms with van der Waals surface area (Å²) in [5, 5.41) is 0. The van der Waals surface area contributed by atoms with Crippen LogP contribution in [-0.4, -0.2) is 48.8 Å². The van der Waals surface area contributed by atoms with Crippen LogP contribution in [0.5, 0.6) is 0 Å². The predicted molar refractivity (Wildman–Crippen MR) is 78.6 cm³/mol. The molecule has 1 amide bonds. The van der Waals surface area contributed by atoms with E-state index in [1.807, 2.05) is 26.0 Å². The molecule has 0 aromatic carbocycles. The van der Waals surface area contributed by atoms with Gasteiger partial charge in [-0.3, -0.25) is 0 Å². The molecule has 6 nitrogen and oxygen atoms in total. The van der Waals surface area contributed by atoms with Gasteiger partial charge in [-0.2, -0.15) is 0 Å². The highest BCUT2D eigenvalue weighted by molar-refractivity contribution is 5.68. The first kappa shape index (κ1) is 14.4. The minimum Gasteiger partial charge on any atom is -0.449 e. The summed E-state index contributed by atoms with van der Waals surface area (Å²) in [4.78, 5) is 20.0. The Morgan fingerprint density at radius 1 is 1.40 bits per heavy atom. The van der Waals surface area contributed by atoms with Crippen molar-refractivity contribution in [3.05, 3.63) is 18.3 Å². The van der Waals surface area contributed by atoms with E-state index in [0.717, 1.165) is 18.9 Å². The lowest BCUT2D eigenvalue weighted by molar-refractivity contribution is 0.0901. The van der Waals surface area contributed by atoms with Gasteiger partial charge in [0.25, 0.3) is 0 Å². The van der Waals surface area contributed by atoms with Crippen molar-refractivity contribution >= 4 is 17.6 Å². The van der Waals surface area contributed by atoms with Crippen molar-refractivity contribution in [1.82, 2.24) is 9.88 Å². The monoisotopic (exact) mass is 278 g/mol. The van der Waals surface area contributed by atoms with Crippen LogP contribution in [0.25, 0.3) is 0 Å². The van der Waals surface area contributed by atoms with Gasteiger partial charge in [-0.1, -0.05) is 13.8 Å². The lowest BCUT2D eigenvalue weighted by Gasteiger charge is -2.35. The number of carbonyl (C=O) groups excluding carboxylic acids is 1. The van der Waals surface area contributed by atoms with Crippen LogP contribution in [0, 0.1) is 5.92 Å². The standard InChI is InChI=1S/C14H22N4O2/c1-11(2)10-20-14(19)18-8-6-17(7-9-18)13-12(15)4-3-5-16-13/h3-5,11H,6-10,15H2,1-2H3. The Morgan fingerprint density at radius 3 is 2.70 bits per heavy atom. The highest BCUT2D eigenvalue weighted by Gasteiger charge is 2.23. The van der Waals surface area contributed by atoms with Gasteiger partial charge in [0, 0.05) is 32.4 Å². The molecule has 2 rings (SSSR count). The Labute approximate surface area is 119 Å². The SMILES string of the molecule is CC(C)COC(=O)N1CCN(c2ncccc2N)CC1. The van der Waals surface area contributed by atoms with Gasteiger partial charge < -0.3 is 20.3 Å². The Morgan fingerprint density at radius 2 is 2.10 bits per heavy atom. The van der Waals surface area contributed by atoms with E-state index < -0.39 is 0 Å². The van der Waals surface area contributed by atoms with Gasteiger partial charge in [0.1, 0.15) is 0 Å². The molecule has 0 spiro atoms. The Hall–Kier alpha value is -1.98. The largest absolute Gasteiger partial charge is 0.449 e. The van der Waals surface area contributed by atoms with Gasteiger partial charge in [-0.25, -0.2) is 9.78 Å². The van der Waals surface area contributed by atoms with Gasteiger partial charge >= 0.3 is 6.09 Å². The number of nitrogens with two attached hydrogens (primary N) is 1. The molecule has 0 bridgehead atoms. The number of nitrogens with zero attached hydrogens (tertiary/aromatic N) is 3. The van der Waals surface area contributed by atoms with E-state index in [2.05, 4.69) is 9.88 Å². The highest BCUT2D eigenvalue weighted by Crippen LogP contribution is 2.20. The molecular formula is C14H22N4O2. The fraction of sp³-hybridized carbons (Fsp3) is 0.571. The molecule has 2 N–H and O–H groups in total. The molecule has 6 heteroatoms. The molecule has 0 aliphatic carbocycles. The van der Waals surface area contributed by atoms with Crippen LogP contribution >= 0.6 is 0 Å². The third kappa shape index (κ3) is 3.53. The molecule has 0 radical (unpaired) electrons. The van der Waals surface area contributed by atoms with E-state index >= 15 is 0 Å². The minimum absolute atomic E-state index is 0.229. The lowest BCUT2D eigenvalue weighted by atomic mass is 10.2. The van der Waals surface area contributed by atoms with Crippen LogP contribution in [0.1, 0.15) is 13.8 Å². The summed E-state index contributed by atoms with van der Waals surface area (Å²) in [6, 6.07) is 3.66. The topological polar surface area (TPSA) is 71.7 Å². The first-order valence-electron chi connectivity index (χ1n) is 6.95.